The summed E-state index contributed by atoms with van der Waals surface area (Å²) in [5.41, 5.74) is 1.45. The quantitative estimate of drug-likeness (QED) is 0.803. The predicted octanol–water partition coefficient (Wildman–Crippen LogP) is 0.661. The third-order valence-corrected chi connectivity index (χ3v) is 2.61. The first kappa shape index (κ1) is 14.0. The van der Waals surface area contributed by atoms with Crippen LogP contribution < -0.4 is 10.2 Å². The van der Waals surface area contributed by atoms with Crippen LogP contribution >= 0.6 is 0 Å². The summed E-state index contributed by atoms with van der Waals surface area (Å²) >= 11 is 0. The van der Waals surface area contributed by atoms with Crippen molar-refractivity contribution in [3.8, 4) is 0 Å². The van der Waals surface area contributed by atoms with Crippen molar-refractivity contribution in [2.24, 2.45) is 0 Å². The Hall–Kier alpha value is -2.11. The lowest BCUT2D eigenvalue weighted by atomic mass is 10.2. The Morgan fingerprint density at radius 3 is 2.72 bits per heavy atom. The number of pyridine rings is 1. The van der Waals surface area contributed by atoms with E-state index in [1.165, 1.54) is 6.20 Å². The first-order valence-electron chi connectivity index (χ1n) is 5.57. The Morgan fingerprint density at radius 1 is 1.50 bits per heavy atom. The monoisotopic (exact) mass is 251 g/mol. The Labute approximate surface area is 106 Å². The van der Waals surface area contributed by atoms with Crippen LogP contribution in [-0.4, -0.2) is 42.6 Å². The van der Waals surface area contributed by atoms with Crippen LogP contribution in [0.15, 0.2) is 12.3 Å². The lowest BCUT2D eigenvalue weighted by Gasteiger charge is -2.21. The second kappa shape index (κ2) is 6.00. The summed E-state index contributed by atoms with van der Waals surface area (Å²) in [5, 5.41) is 11.6. The van der Waals surface area contributed by atoms with Gasteiger partial charge < -0.3 is 15.3 Å². The molecule has 0 bridgehead atoms. The molecule has 0 aliphatic rings. The number of anilines is 1. The maximum absolute atomic E-state index is 11.2. The van der Waals surface area contributed by atoms with Crippen LogP contribution in [0.4, 0.5) is 5.69 Å². The number of aryl methyl sites for hydroxylation is 1. The molecule has 0 spiro atoms. The highest BCUT2D eigenvalue weighted by molar-refractivity contribution is 5.94. The van der Waals surface area contributed by atoms with Gasteiger partial charge in [-0.05, 0) is 13.0 Å². The highest BCUT2D eigenvalue weighted by atomic mass is 16.4. The number of hydrogen-bond donors (Lipinski definition) is 2. The van der Waals surface area contributed by atoms with Gasteiger partial charge in [0.1, 0.15) is 5.56 Å². The molecule has 0 aromatic carbocycles. The maximum Gasteiger partial charge on any atom is 0.339 e. The minimum Gasteiger partial charge on any atom is -0.478 e. The summed E-state index contributed by atoms with van der Waals surface area (Å²) in [7, 11) is 3.33. The molecule has 0 radical (unpaired) electrons. The number of aromatic nitrogens is 1. The molecule has 6 heteroatoms. The van der Waals surface area contributed by atoms with E-state index in [9.17, 15) is 9.59 Å². The second-order valence-electron chi connectivity index (χ2n) is 3.99. The third kappa shape index (κ3) is 3.44. The van der Waals surface area contributed by atoms with Crippen molar-refractivity contribution >= 4 is 17.6 Å². The van der Waals surface area contributed by atoms with Gasteiger partial charge in [0.15, 0.2) is 0 Å². The van der Waals surface area contributed by atoms with Gasteiger partial charge in [-0.15, -0.1) is 0 Å². The van der Waals surface area contributed by atoms with Gasteiger partial charge in [0.25, 0.3) is 0 Å². The van der Waals surface area contributed by atoms with Crippen molar-refractivity contribution in [2.75, 3.05) is 25.5 Å². The fourth-order valence-corrected chi connectivity index (χ4v) is 1.54. The van der Waals surface area contributed by atoms with E-state index >= 15 is 0 Å². The van der Waals surface area contributed by atoms with Crippen LogP contribution in [0.5, 0.6) is 0 Å². The minimum atomic E-state index is -1.02. The van der Waals surface area contributed by atoms with Gasteiger partial charge >= 0.3 is 5.97 Å². The second-order valence-corrected chi connectivity index (χ2v) is 3.99. The lowest BCUT2D eigenvalue weighted by molar-refractivity contribution is -0.120. The third-order valence-electron chi connectivity index (χ3n) is 2.61. The molecule has 0 fully saturated rings. The van der Waals surface area contributed by atoms with Crippen LogP contribution in [0.3, 0.4) is 0 Å². The molecule has 1 aromatic rings. The predicted molar refractivity (Wildman–Crippen MR) is 67.9 cm³/mol. The highest BCUT2D eigenvalue weighted by Crippen LogP contribution is 2.19. The number of rotatable bonds is 5. The average molecular weight is 251 g/mol. The van der Waals surface area contributed by atoms with Crippen molar-refractivity contribution in [3.63, 3.8) is 0 Å². The van der Waals surface area contributed by atoms with E-state index in [1.807, 2.05) is 0 Å². The van der Waals surface area contributed by atoms with Gasteiger partial charge in [0, 0.05) is 39.0 Å². The molecule has 0 saturated carbocycles. The molecule has 1 aromatic heterocycles. The summed E-state index contributed by atoms with van der Waals surface area (Å²) in [6, 6.07) is 1.70. The molecule has 0 saturated heterocycles. The van der Waals surface area contributed by atoms with Gasteiger partial charge in [0.05, 0.1) is 5.69 Å². The van der Waals surface area contributed by atoms with E-state index in [0.717, 1.165) is 5.69 Å². The van der Waals surface area contributed by atoms with E-state index < -0.39 is 5.97 Å². The van der Waals surface area contributed by atoms with Crippen molar-refractivity contribution in [3.05, 3.63) is 23.5 Å². The standard InChI is InChI=1S/C12H17N3O3/c1-8-6-10(9(7-14-8)12(17)18)15(3)5-4-11(16)13-2/h6-7H,4-5H2,1-3H3,(H,13,16)(H,17,18). The lowest BCUT2D eigenvalue weighted by Crippen LogP contribution is -2.27. The maximum atomic E-state index is 11.2. The fourth-order valence-electron chi connectivity index (χ4n) is 1.54. The Bertz CT molecular complexity index is 460. The van der Waals surface area contributed by atoms with Crippen molar-refractivity contribution in [1.29, 1.82) is 0 Å². The molecular weight excluding hydrogens is 234 g/mol. The number of carbonyl (C=O) groups excluding carboxylic acids is 1. The highest BCUT2D eigenvalue weighted by Gasteiger charge is 2.14. The van der Waals surface area contributed by atoms with E-state index in [2.05, 4.69) is 10.3 Å². The molecule has 18 heavy (non-hydrogen) atoms. The number of aromatic carboxylic acids is 1. The molecule has 1 heterocycles. The van der Waals surface area contributed by atoms with Crippen molar-refractivity contribution < 1.29 is 14.7 Å². The molecule has 0 aliphatic heterocycles. The van der Waals surface area contributed by atoms with Crippen LogP contribution in [0.2, 0.25) is 0 Å². The zero-order valence-electron chi connectivity index (χ0n) is 10.7. The van der Waals surface area contributed by atoms with E-state index in [-0.39, 0.29) is 11.5 Å². The Morgan fingerprint density at radius 2 is 2.17 bits per heavy atom. The molecule has 0 aliphatic carbocycles. The number of carbonyl (C=O) groups is 2. The molecule has 1 rings (SSSR count). The summed E-state index contributed by atoms with van der Waals surface area (Å²) in [4.78, 5) is 28.0. The number of amides is 1. The zero-order chi connectivity index (χ0) is 13.7. The van der Waals surface area contributed by atoms with Crippen molar-refractivity contribution in [1.82, 2.24) is 10.3 Å². The van der Waals surface area contributed by atoms with Gasteiger partial charge in [0.2, 0.25) is 5.91 Å². The summed E-state index contributed by atoms with van der Waals surface area (Å²) in [6.45, 7) is 2.24. The van der Waals surface area contributed by atoms with Crippen LogP contribution in [0.25, 0.3) is 0 Å². The molecule has 98 valence electrons. The number of nitrogens with zero attached hydrogens (tertiary/aromatic N) is 2. The van der Waals surface area contributed by atoms with Gasteiger partial charge in [-0.25, -0.2) is 4.79 Å². The Balaban J connectivity index is 2.89. The summed E-state index contributed by atoms with van der Waals surface area (Å²) in [6.07, 6.45) is 1.65. The first-order chi connectivity index (χ1) is 8.45. The fraction of sp³-hybridized carbons (Fsp3) is 0.417. The van der Waals surface area contributed by atoms with Crippen LogP contribution in [-0.2, 0) is 4.79 Å². The summed E-state index contributed by atoms with van der Waals surface area (Å²) < 4.78 is 0. The molecular formula is C12H17N3O3. The van der Waals surface area contributed by atoms with Gasteiger partial charge in [-0.2, -0.15) is 0 Å². The normalized spacial score (nSPS) is 9.94. The smallest absolute Gasteiger partial charge is 0.339 e. The number of hydrogen-bond acceptors (Lipinski definition) is 4. The number of nitrogens with one attached hydrogen (secondary N) is 1. The first-order valence-corrected chi connectivity index (χ1v) is 5.57. The topological polar surface area (TPSA) is 82.5 Å². The average Bonchev–Trinajstić information content (AvgIpc) is 2.34. The molecule has 0 unspecified atom stereocenters. The molecule has 2 N–H and O–H groups in total. The number of carboxylic acid groups (broad SMARTS) is 1. The van der Waals surface area contributed by atoms with Gasteiger partial charge in [-0.3, -0.25) is 9.78 Å². The van der Waals surface area contributed by atoms with E-state index in [0.29, 0.717) is 18.7 Å². The largest absolute Gasteiger partial charge is 0.478 e. The van der Waals surface area contributed by atoms with E-state index in [4.69, 9.17) is 5.11 Å². The van der Waals surface area contributed by atoms with E-state index in [1.54, 1.807) is 32.0 Å². The van der Waals surface area contributed by atoms with Crippen LogP contribution in [0, 0.1) is 6.92 Å². The van der Waals surface area contributed by atoms with Crippen molar-refractivity contribution in [2.45, 2.75) is 13.3 Å². The summed E-state index contributed by atoms with van der Waals surface area (Å²) in [5.74, 6) is -1.10. The SMILES string of the molecule is CNC(=O)CCN(C)c1cc(C)ncc1C(=O)O. The molecule has 1 amide bonds. The molecule has 6 nitrogen and oxygen atoms in total. The van der Waals surface area contributed by atoms with Crippen LogP contribution in [0.1, 0.15) is 22.5 Å². The minimum absolute atomic E-state index is 0.0792. The molecule has 0 atom stereocenters. The Kier molecular flexibility index (Phi) is 4.65. The van der Waals surface area contributed by atoms with Gasteiger partial charge in [-0.1, -0.05) is 0 Å². The number of carboxylic acids is 1. The zero-order valence-corrected chi connectivity index (χ0v) is 10.7.